The van der Waals surface area contributed by atoms with Crippen LogP contribution in [0.15, 0.2) is 59.4 Å². The molecule has 0 unspecified atom stereocenters. The molecule has 1 aliphatic heterocycles. The molecule has 3 aromatic rings. The molecule has 0 aliphatic carbocycles. The topological polar surface area (TPSA) is 91.7 Å². The Labute approximate surface area is 185 Å². The summed E-state index contributed by atoms with van der Waals surface area (Å²) in [6.07, 6.45) is -4.47. The zero-order chi connectivity index (χ0) is 23.4. The van der Waals surface area contributed by atoms with Crippen LogP contribution < -0.4 is 25.1 Å². The van der Waals surface area contributed by atoms with Gasteiger partial charge >= 0.3 is 6.18 Å². The third kappa shape index (κ3) is 5.43. The molecule has 0 radical (unpaired) electrons. The number of halogens is 3. The summed E-state index contributed by atoms with van der Waals surface area (Å²) in [5.41, 5.74) is -0.136. The summed E-state index contributed by atoms with van der Waals surface area (Å²) in [6.45, 7) is -0.220. The Morgan fingerprint density at radius 1 is 1.09 bits per heavy atom. The molecule has 1 N–H and O–H groups in total. The van der Waals surface area contributed by atoms with Crippen molar-refractivity contribution in [1.82, 2.24) is 15.1 Å². The maximum Gasteiger partial charge on any atom is 0.416 e. The van der Waals surface area contributed by atoms with Crippen molar-refractivity contribution in [3.63, 3.8) is 0 Å². The molecule has 0 fully saturated rings. The molecule has 0 saturated carbocycles. The maximum atomic E-state index is 12.7. The van der Waals surface area contributed by atoms with E-state index < -0.39 is 23.2 Å². The Kier molecular flexibility index (Phi) is 6.20. The van der Waals surface area contributed by atoms with Gasteiger partial charge in [-0.3, -0.25) is 9.59 Å². The van der Waals surface area contributed by atoms with E-state index in [1.54, 1.807) is 18.2 Å². The number of rotatable bonds is 7. The molecule has 0 spiro atoms. The van der Waals surface area contributed by atoms with Crippen molar-refractivity contribution < 1.29 is 32.2 Å². The second kappa shape index (κ2) is 9.23. The van der Waals surface area contributed by atoms with E-state index in [0.717, 1.165) is 16.8 Å². The Hall–Kier alpha value is -4.02. The third-order valence-electron chi connectivity index (χ3n) is 4.68. The number of carbonyl (C=O) groups is 1. The van der Waals surface area contributed by atoms with Gasteiger partial charge in [0.1, 0.15) is 18.9 Å². The number of carbonyl (C=O) groups excluding carboxylic acids is 1. The fourth-order valence-corrected chi connectivity index (χ4v) is 3.09. The van der Waals surface area contributed by atoms with Crippen molar-refractivity contribution in [3.8, 4) is 28.5 Å². The van der Waals surface area contributed by atoms with Crippen LogP contribution in [0.1, 0.15) is 5.56 Å². The lowest BCUT2D eigenvalue weighted by atomic mass is 10.1. The summed E-state index contributed by atoms with van der Waals surface area (Å²) < 4.78 is 55.1. The number of amides is 1. The highest BCUT2D eigenvalue weighted by Crippen LogP contribution is 2.35. The van der Waals surface area contributed by atoms with Crippen molar-refractivity contribution >= 4 is 5.91 Å². The minimum atomic E-state index is -4.47. The average Bonchev–Trinajstić information content (AvgIpc) is 3.26. The Balaban J connectivity index is 1.32. The maximum absolute atomic E-state index is 12.7. The second-order valence-corrected chi connectivity index (χ2v) is 7.01. The molecule has 0 atom stereocenters. The van der Waals surface area contributed by atoms with E-state index >= 15 is 0 Å². The molecule has 33 heavy (non-hydrogen) atoms. The van der Waals surface area contributed by atoms with Gasteiger partial charge < -0.3 is 19.5 Å². The molecule has 0 saturated heterocycles. The Bertz CT molecular complexity index is 1230. The quantitative estimate of drug-likeness (QED) is 0.544. The van der Waals surface area contributed by atoms with Crippen LogP contribution in [-0.4, -0.2) is 35.6 Å². The third-order valence-corrected chi connectivity index (χ3v) is 4.68. The number of fused-ring (bicyclic) bond motifs is 1. The predicted molar refractivity (Wildman–Crippen MR) is 110 cm³/mol. The molecule has 1 aromatic heterocycles. The molecule has 0 bridgehead atoms. The molecule has 2 heterocycles. The normalized spacial score (nSPS) is 12.5. The zero-order valence-electron chi connectivity index (χ0n) is 17.1. The van der Waals surface area contributed by atoms with E-state index in [2.05, 4.69) is 10.4 Å². The first-order valence-electron chi connectivity index (χ1n) is 9.84. The number of aromatic nitrogens is 2. The highest BCUT2D eigenvalue weighted by Gasteiger charge is 2.30. The smallest absolute Gasteiger partial charge is 0.416 e. The van der Waals surface area contributed by atoms with Gasteiger partial charge in [0.15, 0.2) is 11.5 Å². The van der Waals surface area contributed by atoms with Crippen molar-refractivity contribution in [2.75, 3.05) is 19.9 Å². The highest BCUT2D eigenvalue weighted by molar-refractivity contribution is 5.75. The van der Waals surface area contributed by atoms with Crippen LogP contribution in [0, 0.1) is 0 Å². The van der Waals surface area contributed by atoms with E-state index in [-0.39, 0.29) is 32.2 Å². The van der Waals surface area contributed by atoms with Crippen LogP contribution in [0.2, 0.25) is 0 Å². The molecule has 1 amide bonds. The molecule has 1 aliphatic rings. The van der Waals surface area contributed by atoms with Crippen molar-refractivity contribution in [2.45, 2.75) is 12.7 Å². The SMILES string of the molecule is O=C(Cn1nc(-c2ccc3c(c2)OCO3)ccc1=O)NCCOc1cccc(C(F)(F)F)c1. The number of ether oxygens (including phenoxy) is 3. The number of nitrogens with one attached hydrogen (secondary N) is 1. The largest absolute Gasteiger partial charge is 0.492 e. The minimum Gasteiger partial charge on any atom is -0.492 e. The Morgan fingerprint density at radius 3 is 2.73 bits per heavy atom. The van der Waals surface area contributed by atoms with Crippen LogP contribution in [-0.2, 0) is 17.5 Å². The van der Waals surface area contributed by atoms with Crippen LogP contribution in [0.25, 0.3) is 11.3 Å². The van der Waals surface area contributed by atoms with Gasteiger partial charge in [0, 0.05) is 11.6 Å². The summed E-state index contributed by atoms with van der Waals surface area (Å²) in [5.74, 6) is 0.706. The van der Waals surface area contributed by atoms with Crippen LogP contribution in [0.3, 0.4) is 0 Å². The van der Waals surface area contributed by atoms with Crippen molar-refractivity contribution in [1.29, 1.82) is 0 Å². The zero-order valence-corrected chi connectivity index (χ0v) is 17.1. The number of nitrogens with zero attached hydrogens (tertiary/aromatic N) is 2. The van der Waals surface area contributed by atoms with E-state index in [9.17, 15) is 22.8 Å². The van der Waals surface area contributed by atoms with Gasteiger partial charge in [-0.1, -0.05) is 6.07 Å². The van der Waals surface area contributed by atoms with E-state index in [4.69, 9.17) is 14.2 Å². The standard InChI is InChI=1S/C22H18F3N3O5/c23-22(24,25)15-2-1-3-16(11-15)31-9-8-26-20(29)12-28-21(30)7-5-17(27-28)14-4-6-18-19(10-14)33-13-32-18/h1-7,10-11H,8-9,12-13H2,(H,26,29). The van der Waals surface area contributed by atoms with Crippen LogP contribution >= 0.6 is 0 Å². The van der Waals surface area contributed by atoms with E-state index in [0.29, 0.717) is 22.8 Å². The number of benzene rings is 2. The average molecular weight is 461 g/mol. The molecule has 11 heteroatoms. The lowest BCUT2D eigenvalue weighted by molar-refractivity contribution is -0.137. The predicted octanol–water partition coefficient (Wildman–Crippen LogP) is 2.85. The molecule has 172 valence electrons. The first-order valence-corrected chi connectivity index (χ1v) is 9.84. The second-order valence-electron chi connectivity index (χ2n) is 7.01. The first-order chi connectivity index (χ1) is 15.8. The molecule has 8 nitrogen and oxygen atoms in total. The summed E-state index contributed by atoms with van der Waals surface area (Å²) >= 11 is 0. The number of hydrogen-bond acceptors (Lipinski definition) is 6. The van der Waals surface area contributed by atoms with Gasteiger partial charge in [0.2, 0.25) is 12.7 Å². The van der Waals surface area contributed by atoms with E-state index in [1.807, 2.05) is 0 Å². The molecule has 4 rings (SSSR count). The lowest BCUT2D eigenvalue weighted by Gasteiger charge is -2.11. The Morgan fingerprint density at radius 2 is 1.91 bits per heavy atom. The van der Waals surface area contributed by atoms with Gasteiger partial charge in [-0.25, -0.2) is 4.68 Å². The van der Waals surface area contributed by atoms with E-state index in [1.165, 1.54) is 24.3 Å². The number of alkyl halides is 3. The van der Waals surface area contributed by atoms with Gasteiger partial charge in [-0.05, 0) is 42.5 Å². The van der Waals surface area contributed by atoms with Gasteiger partial charge in [-0.2, -0.15) is 18.3 Å². The molecular formula is C22H18F3N3O5. The van der Waals surface area contributed by atoms with Gasteiger partial charge in [-0.15, -0.1) is 0 Å². The van der Waals surface area contributed by atoms with Crippen molar-refractivity contribution in [3.05, 3.63) is 70.5 Å². The highest BCUT2D eigenvalue weighted by atomic mass is 19.4. The molecular weight excluding hydrogens is 443 g/mol. The minimum absolute atomic E-state index is 0.0334. The summed E-state index contributed by atoms with van der Waals surface area (Å²) in [7, 11) is 0. The fourth-order valence-electron chi connectivity index (χ4n) is 3.09. The van der Waals surface area contributed by atoms with Crippen LogP contribution in [0.5, 0.6) is 17.2 Å². The van der Waals surface area contributed by atoms with Crippen LogP contribution in [0.4, 0.5) is 13.2 Å². The summed E-state index contributed by atoms with van der Waals surface area (Å²) in [5, 5.41) is 6.77. The first kappa shape index (κ1) is 22.2. The fraction of sp³-hybridized carbons (Fsp3) is 0.227. The summed E-state index contributed by atoms with van der Waals surface area (Å²) in [4.78, 5) is 24.3. The van der Waals surface area contributed by atoms with Gasteiger partial charge in [0.05, 0.1) is 17.8 Å². The van der Waals surface area contributed by atoms with Crippen molar-refractivity contribution in [2.24, 2.45) is 0 Å². The molecule has 2 aromatic carbocycles. The monoisotopic (exact) mass is 461 g/mol. The number of hydrogen-bond donors (Lipinski definition) is 1. The van der Waals surface area contributed by atoms with Gasteiger partial charge in [0.25, 0.3) is 5.56 Å². The summed E-state index contributed by atoms with van der Waals surface area (Å²) in [6, 6.07) is 12.5. The lowest BCUT2D eigenvalue weighted by Crippen LogP contribution is -2.35.